The molecule has 6 aromatic carbocycles. The summed E-state index contributed by atoms with van der Waals surface area (Å²) in [6.45, 7) is 4.61. The van der Waals surface area contributed by atoms with Crippen LogP contribution in [0.1, 0.15) is 25.0 Å². The van der Waals surface area contributed by atoms with E-state index in [4.69, 9.17) is 15.0 Å². The fourth-order valence-corrected chi connectivity index (χ4v) is 8.95. The fourth-order valence-electron chi connectivity index (χ4n) is 7.76. The number of aromatic nitrogens is 4. The SMILES string of the molecule is CC1(C)c2ccccc2-c2cc(-c3nc(-c4ccccc4)nc(-c4cc(-c5ccc(-c6ccncc6)cc5)cc5c4sc4ccccc45)n3)ccc21. The zero-order chi connectivity index (χ0) is 34.8. The summed E-state index contributed by atoms with van der Waals surface area (Å²) >= 11 is 1.79. The smallest absolute Gasteiger partial charge is 0.165 e. The van der Waals surface area contributed by atoms with Crippen LogP contribution in [0.5, 0.6) is 0 Å². The Labute approximate surface area is 306 Å². The van der Waals surface area contributed by atoms with Gasteiger partial charge in [-0.15, -0.1) is 11.3 Å². The predicted octanol–water partition coefficient (Wildman–Crippen LogP) is 12.3. The summed E-state index contributed by atoms with van der Waals surface area (Å²) in [5, 5.41) is 2.43. The van der Waals surface area contributed by atoms with E-state index in [0.29, 0.717) is 17.5 Å². The van der Waals surface area contributed by atoms with Crippen molar-refractivity contribution in [1.29, 1.82) is 0 Å². The molecule has 0 saturated carbocycles. The Morgan fingerprint density at radius 2 is 1.02 bits per heavy atom. The van der Waals surface area contributed by atoms with Crippen LogP contribution in [0.25, 0.3) is 87.7 Å². The molecule has 4 nitrogen and oxygen atoms in total. The summed E-state index contributed by atoms with van der Waals surface area (Å²) < 4.78 is 2.40. The van der Waals surface area contributed by atoms with Crippen LogP contribution in [0.15, 0.2) is 158 Å². The van der Waals surface area contributed by atoms with Crippen LogP contribution in [-0.2, 0) is 5.41 Å². The van der Waals surface area contributed by atoms with Crippen molar-refractivity contribution >= 4 is 31.5 Å². The Bertz CT molecular complexity index is 2800. The third-order valence-corrected chi connectivity index (χ3v) is 11.7. The van der Waals surface area contributed by atoms with Crippen molar-refractivity contribution in [2.45, 2.75) is 19.3 Å². The molecule has 0 spiro atoms. The molecule has 1 aliphatic rings. The first kappa shape index (κ1) is 30.5. The van der Waals surface area contributed by atoms with Crippen molar-refractivity contribution in [2.24, 2.45) is 0 Å². The molecule has 52 heavy (non-hydrogen) atoms. The number of hydrogen-bond acceptors (Lipinski definition) is 5. The number of thiophene rings is 1. The standard InChI is InChI=1S/C47H32N4S/c1-47(2)40-14-8-6-12-35(40)37-26-33(20-21-41(37)47)45-49-44(32-10-4-3-5-11-32)50-46(51-45)39-28-34(27-38-36-13-7-9-15-42(36)52-43(38)39)30-18-16-29(17-19-30)31-22-24-48-25-23-31/h3-28H,1-2H3. The lowest BCUT2D eigenvalue weighted by Crippen LogP contribution is -2.14. The van der Waals surface area contributed by atoms with Crippen molar-refractivity contribution < 1.29 is 0 Å². The molecular weight excluding hydrogens is 653 g/mol. The second kappa shape index (κ2) is 11.9. The van der Waals surface area contributed by atoms with Crippen molar-refractivity contribution in [2.75, 3.05) is 0 Å². The third kappa shape index (κ3) is 4.96. The fraction of sp³-hybridized carbons (Fsp3) is 0.0638. The zero-order valence-corrected chi connectivity index (χ0v) is 29.5. The predicted molar refractivity (Wildman–Crippen MR) is 215 cm³/mol. The Morgan fingerprint density at radius 3 is 1.83 bits per heavy atom. The van der Waals surface area contributed by atoms with Crippen LogP contribution in [0, 0.1) is 0 Å². The Morgan fingerprint density at radius 1 is 0.423 bits per heavy atom. The summed E-state index contributed by atoms with van der Waals surface area (Å²) in [7, 11) is 0. The maximum absolute atomic E-state index is 5.30. The van der Waals surface area contributed by atoms with Gasteiger partial charge < -0.3 is 0 Å². The Balaban J connectivity index is 1.19. The molecule has 10 rings (SSSR count). The molecule has 0 unspecified atom stereocenters. The second-order valence-corrected chi connectivity index (χ2v) is 15.0. The molecule has 0 amide bonds. The average Bonchev–Trinajstić information content (AvgIpc) is 3.70. The lowest BCUT2D eigenvalue weighted by Gasteiger charge is -2.21. The van der Waals surface area contributed by atoms with Crippen LogP contribution in [0.2, 0.25) is 0 Å². The van der Waals surface area contributed by atoms with E-state index in [1.165, 1.54) is 42.4 Å². The highest BCUT2D eigenvalue weighted by molar-refractivity contribution is 7.26. The molecule has 1 aliphatic carbocycles. The summed E-state index contributed by atoms with van der Waals surface area (Å²) in [5.41, 5.74) is 12.6. The van der Waals surface area contributed by atoms with Gasteiger partial charge in [-0.1, -0.05) is 123 Å². The van der Waals surface area contributed by atoms with Crippen molar-refractivity contribution in [3.8, 4) is 67.5 Å². The highest BCUT2D eigenvalue weighted by Gasteiger charge is 2.35. The van der Waals surface area contributed by atoms with Gasteiger partial charge in [0, 0.05) is 54.7 Å². The van der Waals surface area contributed by atoms with Gasteiger partial charge in [0.1, 0.15) is 0 Å². The Hall–Kier alpha value is -6.30. The van der Waals surface area contributed by atoms with Crippen LogP contribution in [0.4, 0.5) is 0 Å². The van der Waals surface area contributed by atoms with Crippen molar-refractivity contribution in [1.82, 2.24) is 19.9 Å². The van der Waals surface area contributed by atoms with Crippen molar-refractivity contribution in [3.63, 3.8) is 0 Å². The van der Waals surface area contributed by atoms with E-state index in [1.54, 1.807) is 11.3 Å². The van der Waals surface area contributed by atoms with E-state index >= 15 is 0 Å². The van der Waals surface area contributed by atoms with Crippen LogP contribution < -0.4 is 0 Å². The van der Waals surface area contributed by atoms with Crippen molar-refractivity contribution in [3.05, 3.63) is 169 Å². The maximum Gasteiger partial charge on any atom is 0.165 e. The molecule has 3 heterocycles. The van der Waals surface area contributed by atoms with Gasteiger partial charge in [-0.25, -0.2) is 15.0 Å². The van der Waals surface area contributed by atoms with Gasteiger partial charge in [0.15, 0.2) is 17.5 Å². The maximum atomic E-state index is 5.30. The first-order valence-electron chi connectivity index (χ1n) is 17.5. The molecule has 0 fully saturated rings. The summed E-state index contributed by atoms with van der Waals surface area (Å²) in [6.07, 6.45) is 3.67. The number of pyridine rings is 1. The average molecular weight is 685 g/mol. The number of rotatable bonds is 5. The molecule has 246 valence electrons. The van der Waals surface area contributed by atoms with Gasteiger partial charge in [-0.3, -0.25) is 4.98 Å². The number of benzene rings is 6. The van der Waals surface area contributed by atoms with Gasteiger partial charge in [0.25, 0.3) is 0 Å². The van der Waals surface area contributed by atoms with Gasteiger partial charge >= 0.3 is 0 Å². The molecule has 0 bridgehead atoms. The van der Waals surface area contributed by atoms with E-state index in [-0.39, 0.29) is 5.41 Å². The van der Waals surface area contributed by atoms with Gasteiger partial charge in [0.2, 0.25) is 0 Å². The number of fused-ring (bicyclic) bond motifs is 6. The largest absolute Gasteiger partial charge is 0.265 e. The first-order valence-corrected chi connectivity index (χ1v) is 18.4. The van der Waals surface area contributed by atoms with Gasteiger partial charge in [-0.2, -0.15) is 0 Å². The second-order valence-electron chi connectivity index (χ2n) is 13.9. The molecule has 9 aromatic rings. The normalized spacial score (nSPS) is 13.0. The summed E-state index contributed by atoms with van der Waals surface area (Å²) in [5.74, 6) is 1.98. The molecule has 0 N–H and O–H groups in total. The highest BCUT2D eigenvalue weighted by atomic mass is 32.1. The first-order chi connectivity index (χ1) is 25.5. The minimum Gasteiger partial charge on any atom is -0.265 e. The molecular formula is C47H32N4S. The lowest BCUT2D eigenvalue weighted by molar-refractivity contribution is 0.660. The summed E-state index contributed by atoms with van der Waals surface area (Å²) in [4.78, 5) is 19.8. The van der Waals surface area contributed by atoms with E-state index in [1.807, 2.05) is 42.7 Å². The highest BCUT2D eigenvalue weighted by Crippen LogP contribution is 2.49. The van der Waals surface area contributed by atoms with E-state index in [2.05, 4.69) is 134 Å². The van der Waals surface area contributed by atoms with Crippen LogP contribution in [0.3, 0.4) is 0 Å². The third-order valence-electron chi connectivity index (χ3n) is 10.5. The minimum atomic E-state index is -0.0757. The Kier molecular flexibility index (Phi) is 6.98. The van der Waals surface area contributed by atoms with Crippen LogP contribution in [-0.4, -0.2) is 19.9 Å². The number of nitrogens with zero attached hydrogens (tertiary/aromatic N) is 4. The molecule has 3 aromatic heterocycles. The molecule has 0 atom stereocenters. The molecule has 0 aliphatic heterocycles. The van der Waals surface area contributed by atoms with Gasteiger partial charge in [-0.05, 0) is 80.9 Å². The molecule has 0 radical (unpaired) electrons. The van der Waals surface area contributed by atoms with E-state index in [9.17, 15) is 0 Å². The van der Waals surface area contributed by atoms with Gasteiger partial charge in [0.05, 0.1) is 0 Å². The monoisotopic (exact) mass is 684 g/mol. The topological polar surface area (TPSA) is 51.6 Å². The quantitative estimate of drug-likeness (QED) is 0.181. The lowest BCUT2D eigenvalue weighted by atomic mass is 9.82. The molecule has 5 heteroatoms. The molecule has 0 saturated heterocycles. The zero-order valence-electron chi connectivity index (χ0n) is 28.7. The van der Waals surface area contributed by atoms with E-state index in [0.717, 1.165) is 38.9 Å². The number of hydrogen-bond donors (Lipinski definition) is 0. The van der Waals surface area contributed by atoms with E-state index < -0.39 is 0 Å². The van der Waals surface area contributed by atoms with Crippen LogP contribution >= 0.6 is 11.3 Å². The summed E-state index contributed by atoms with van der Waals surface area (Å²) in [6, 6.07) is 51.8. The minimum absolute atomic E-state index is 0.0757.